The van der Waals surface area contributed by atoms with E-state index in [4.69, 9.17) is 27.8 Å². The van der Waals surface area contributed by atoms with E-state index in [2.05, 4.69) is 19.9 Å². The smallest absolute Gasteiger partial charge is 0.485 e. The third-order valence-electron chi connectivity index (χ3n) is 10.1. The summed E-state index contributed by atoms with van der Waals surface area (Å²) in [6.07, 6.45) is 1.11. The van der Waals surface area contributed by atoms with E-state index in [1.165, 1.54) is 39.3 Å². The Balaban J connectivity index is 0.793. The molecule has 2 amide bonds. The molecule has 278 valence electrons. The molecule has 0 aliphatic carbocycles. The number of hydrogen-bond acceptors (Lipinski definition) is 12. The van der Waals surface area contributed by atoms with Crippen molar-refractivity contribution in [1.29, 1.82) is 0 Å². The Morgan fingerprint density at radius 1 is 0.943 bits per heavy atom. The number of carbonyl (C=O) groups is 1. The first-order chi connectivity index (χ1) is 25.5. The predicted molar refractivity (Wildman–Crippen MR) is 184 cm³/mol. The average molecular weight is 752 g/mol. The lowest BCUT2D eigenvalue weighted by Crippen LogP contribution is -2.56. The summed E-state index contributed by atoms with van der Waals surface area (Å²) in [4.78, 5) is 24.8. The molecule has 53 heavy (non-hydrogen) atoms. The molecule has 10 rings (SSSR count). The molecule has 4 aromatic rings. The number of benzene rings is 3. The molecule has 3 aromatic carbocycles. The van der Waals surface area contributed by atoms with Gasteiger partial charge < -0.3 is 24.0 Å². The number of piperazine rings is 1. The van der Waals surface area contributed by atoms with Gasteiger partial charge in [0.25, 0.3) is 0 Å². The zero-order chi connectivity index (χ0) is 36.5. The van der Waals surface area contributed by atoms with Crippen LogP contribution in [-0.2, 0) is 39.8 Å². The molecule has 1 unspecified atom stereocenters. The second-order valence-electron chi connectivity index (χ2n) is 13.7. The fraction of sp³-hybridized carbons (Fsp3) is 0.400. The first-order valence-electron chi connectivity index (χ1n) is 17.3. The Morgan fingerprint density at radius 3 is 2.23 bits per heavy atom. The van der Waals surface area contributed by atoms with E-state index in [9.17, 15) is 18.1 Å². The SMILES string of the molecule is CC(C)N1C(=O)N(c2ccc(N3CCN(c4ccc(OC[C@H]5OC[C@](Cn6cncn6)(c6ccc(F)cc6F)O5)cc4)CC3)cc2)C2OP3(=O)OC21O3. The number of phosphoric ester groups is 1. The molecule has 2 bridgehead atoms. The van der Waals surface area contributed by atoms with Crippen LogP contribution in [0.4, 0.5) is 30.6 Å². The van der Waals surface area contributed by atoms with Gasteiger partial charge in [0.1, 0.15) is 42.2 Å². The molecular weight excluding hydrogens is 715 g/mol. The summed E-state index contributed by atoms with van der Waals surface area (Å²) < 4.78 is 77.3. The van der Waals surface area contributed by atoms with Gasteiger partial charge in [-0.15, -0.1) is 0 Å². The van der Waals surface area contributed by atoms with Crippen molar-refractivity contribution in [3.63, 3.8) is 0 Å². The van der Waals surface area contributed by atoms with Gasteiger partial charge in [0.15, 0.2) is 6.29 Å². The van der Waals surface area contributed by atoms with Gasteiger partial charge in [-0.3, -0.25) is 14.3 Å². The Morgan fingerprint density at radius 2 is 1.60 bits per heavy atom. The van der Waals surface area contributed by atoms with Crippen LogP contribution in [0, 0.1) is 11.6 Å². The van der Waals surface area contributed by atoms with Crippen LogP contribution < -0.4 is 19.4 Å². The molecule has 6 aliphatic heterocycles. The van der Waals surface area contributed by atoms with Gasteiger partial charge in [-0.05, 0) is 68.4 Å². The van der Waals surface area contributed by atoms with E-state index < -0.39 is 43.5 Å². The molecule has 6 fully saturated rings. The highest BCUT2D eigenvalue weighted by Crippen LogP contribution is 2.77. The van der Waals surface area contributed by atoms with Gasteiger partial charge >= 0.3 is 19.8 Å². The number of rotatable bonds is 10. The van der Waals surface area contributed by atoms with Gasteiger partial charge in [0.05, 0.1) is 13.2 Å². The van der Waals surface area contributed by atoms with Crippen LogP contribution in [0.1, 0.15) is 19.4 Å². The van der Waals surface area contributed by atoms with Crippen molar-refractivity contribution in [1.82, 2.24) is 19.7 Å². The number of ether oxygens (including phenoxy) is 3. The largest absolute Gasteiger partial charge is 0.488 e. The monoisotopic (exact) mass is 751 g/mol. The summed E-state index contributed by atoms with van der Waals surface area (Å²) in [5.74, 6) is -2.29. The molecule has 3 atom stereocenters. The van der Waals surface area contributed by atoms with Gasteiger partial charge in [0, 0.05) is 60.9 Å². The molecular formula is C35H36F2N7O8P. The van der Waals surface area contributed by atoms with Crippen molar-refractivity contribution < 1.29 is 45.9 Å². The second-order valence-corrected chi connectivity index (χ2v) is 15.2. The fourth-order valence-electron chi connectivity index (χ4n) is 7.58. The lowest BCUT2D eigenvalue weighted by atomic mass is 9.94. The van der Waals surface area contributed by atoms with Crippen LogP contribution in [0.25, 0.3) is 0 Å². The van der Waals surface area contributed by atoms with Crippen LogP contribution in [0.3, 0.4) is 0 Å². The maximum absolute atomic E-state index is 14.9. The van der Waals surface area contributed by atoms with Gasteiger partial charge in [-0.1, -0.05) is 6.07 Å². The lowest BCUT2D eigenvalue weighted by molar-refractivity contribution is -0.252. The minimum atomic E-state index is -3.64. The van der Waals surface area contributed by atoms with Crippen molar-refractivity contribution in [3.8, 4) is 5.75 Å². The van der Waals surface area contributed by atoms with Crippen molar-refractivity contribution in [2.75, 3.05) is 54.1 Å². The first kappa shape index (κ1) is 34.1. The number of urea groups is 1. The summed E-state index contributed by atoms with van der Waals surface area (Å²) in [6, 6.07) is 18.2. The van der Waals surface area contributed by atoms with Gasteiger partial charge in [0.2, 0.25) is 6.23 Å². The molecule has 0 N–H and O–H groups in total. The molecule has 0 radical (unpaired) electrons. The van der Waals surface area contributed by atoms with E-state index in [0.717, 1.165) is 43.6 Å². The maximum Gasteiger partial charge on any atom is 0.485 e. The molecule has 18 heteroatoms. The standard InChI is InChI=1S/C35H36F2N7O8P/c1-23(2)44-33(45)43(32-35(44)51-53(46,50-32)52-35)27-6-4-25(5-7-27)40-13-15-41(16-14-40)26-8-10-28(11-9-26)47-18-31-48-20-34(49-31,19-42-22-38-21-39-42)29-12-3-24(36)17-30(29)37/h3-12,17,21-23,31-32H,13-16,18-20H2,1-2H3/t31-,32?,34+,35?,53?/m0/s1. The number of carbonyl (C=O) groups excluding carboxylic acids is 1. The van der Waals surface area contributed by atoms with Crippen molar-refractivity contribution in [3.05, 3.63) is 96.6 Å². The van der Waals surface area contributed by atoms with Crippen LogP contribution in [0.15, 0.2) is 79.4 Å². The van der Waals surface area contributed by atoms with E-state index in [1.807, 2.05) is 62.4 Å². The summed E-state index contributed by atoms with van der Waals surface area (Å²) in [7, 11) is -3.64. The van der Waals surface area contributed by atoms with E-state index in [-0.39, 0.29) is 37.4 Å². The molecule has 6 aliphatic rings. The summed E-state index contributed by atoms with van der Waals surface area (Å²) in [6.45, 7) is 6.99. The average Bonchev–Trinajstić information content (AvgIpc) is 3.94. The van der Waals surface area contributed by atoms with Crippen LogP contribution in [0.2, 0.25) is 0 Å². The highest BCUT2D eigenvalue weighted by molar-refractivity contribution is 7.50. The van der Waals surface area contributed by atoms with Crippen molar-refractivity contribution in [2.45, 2.75) is 50.5 Å². The van der Waals surface area contributed by atoms with Crippen LogP contribution in [-0.4, -0.2) is 89.6 Å². The topological polar surface area (TPSA) is 133 Å². The summed E-state index contributed by atoms with van der Waals surface area (Å²) >= 11 is 0. The third kappa shape index (κ3) is 5.82. The van der Waals surface area contributed by atoms with Crippen LogP contribution in [0.5, 0.6) is 5.75 Å². The quantitative estimate of drug-likeness (QED) is 0.201. The maximum atomic E-state index is 14.9. The molecule has 1 aromatic heterocycles. The van der Waals surface area contributed by atoms with Crippen molar-refractivity contribution >= 4 is 30.9 Å². The van der Waals surface area contributed by atoms with Crippen LogP contribution >= 0.6 is 7.82 Å². The number of nitrogens with zero attached hydrogens (tertiary/aromatic N) is 7. The first-order valence-corrected chi connectivity index (χ1v) is 18.7. The van der Waals surface area contributed by atoms with Gasteiger partial charge in [-0.2, -0.15) is 5.10 Å². The highest BCUT2D eigenvalue weighted by atomic mass is 31.2. The third-order valence-corrected chi connectivity index (χ3v) is 11.5. The molecule has 0 saturated carbocycles. The summed E-state index contributed by atoms with van der Waals surface area (Å²) in [5.41, 5.74) is 1.57. The summed E-state index contributed by atoms with van der Waals surface area (Å²) in [5, 5.41) is 4.13. The molecule has 15 nitrogen and oxygen atoms in total. The zero-order valence-corrected chi connectivity index (χ0v) is 29.7. The predicted octanol–water partition coefficient (Wildman–Crippen LogP) is 5.05. The minimum Gasteiger partial charge on any atom is -0.488 e. The number of phosphoric acid groups is 1. The van der Waals surface area contributed by atoms with Crippen molar-refractivity contribution in [2.24, 2.45) is 0 Å². The number of anilines is 3. The number of hydrogen-bond donors (Lipinski definition) is 0. The number of amides is 2. The Kier molecular flexibility index (Phi) is 8.21. The Hall–Kier alpha value is -4.64. The number of halogens is 2. The molecule has 6 saturated heterocycles. The lowest BCUT2D eigenvalue weighted by Gasteiger charge is -2.40. The number of aromatic nitrogens is 3. The minimum absolute atomic E-state index is 0.0126. The molecule has 7 heterocycles. The Labute approximate surface area is 303 Å². The van der Waals surface area contributed by atoms with Gasteiger partial charge in [-0.25, -0.2) is 36.9 Å². The van der Waals surface area contributed by atoms with E-state index >= 15 is 0 Å². The molecule has 1 spiro atoms. The second kappa shape index (κ2) is 12.7. The zero-order valence-electron chi connectivity index (χ0n) is 28.8. The fourth-order valence-corrected chi connectivity index (χ4v) is 9.15. The highest BCUT2D eigenvalue weighted by Gasteiger charge is 2.81. The van der Waals surface area contributed by atoms with E-state index in [1.54, 1.807) is 0 Å². The van der Waals surface area contributed by atoms with E-state index in [0.29, 0.717) is 11.4 Å². The Bertz CT molecular complexity index is 2040. The normalized spacial score (nSPS) is 29.3.